The summed E-state index contributed by atoms with van der Waals surface area (Å²) in [4.78, 5) is 4.38. The number of guanidine groups is 1. The van der Waals surface area contributed by atoms with E-state index in [0.717, 1.165) is 30.7 Å². The molecule has 2 fully saturated rings. The minimum Gasteiger partial charge on any atom is -0.496 e. The summed E-state index contributed by atoms with van der Waals surface area (Å²) >= 11 is 0. The van der Waals surface area contributed by atoms with E-state index in [1.807, 2.05) is 7.05 Å². The number of methoxy groups -OCH3 is 1. The minimum absolute atomic E-state index is 0. The number of nitrogens with zero attached hydrogens (tertiary/aromatic N) is 1. The quantitative estimate of drug-likeness (QED) is 0.401. The van der Waals surface area contributed by atoms with Crippen LogP contribution in [0.2, 0.25) is 0 Å². The van der Waals surface area contributed by atoms with Gasteiger partial charge in [0.2, 0.25) is 0 Å². The first-order valence-corrected chi connectivity index (χ1v) is 8.85. The maximum atomic E-state index is 5.63. The smallest absolute Gasteiger partial charge is 0.191 e. The molecule has 0 bridgehead atoms. The summed E-state index contributed by atoms with van der Waals surface area (Å²) in [6, 6.07) is 8.48. The van der Waals surface area contributed by atoms with Crippen LogP contribution in [-0.4, -0.2) is 33.2 Å². The first-order valence-electron chi connectivity index (χ1n) is 8.85. The van der Waals surface area contributed by atoms with Crippen LogP contribution in [0.25, 0.3) is 0 Å². The summed E-state index contributed by atoms with van der Waals surface area (Å²) < 4.78 is 5.63. The van der Waals surface area contributed by atoms with E-state index in [9.17, 15) is 0 Å². The number of benzene rings is 1. The van der Waals surface area contributed by atoms with Crippen LogP contribution >= 0.6 is 24.0 Å². The molecular formula is C19H30IN3O. The van der Waals surface area contributed by atoms with Crippen LogP contribution < -0.4 is 15.4 Å². The predicted molar refractivity (Wildman–Crippen MR) is 111 cm³/mol. The molecule has 4 nitrogen and oxygen atoms in total. The first kappa shape index (κ1) is 19.3. The van der Waals surface area contributed by atoms with Crippen molar-refractivity contribution in [1.82, 2.24) is 10.6 Å². The highest BCUT2D eigenvalue weighted by Crippen LogP contribution is 2.44. The Morgan fingerprint density at radius 3 is 2.54 bits per heavy atom. The van der Waals surface area contributed by atoms with Crippen molar-refractivity contribution < 1.29 is 4.74 Å². The van der Waals surface area contributed by atoms with E-state index in [1.54, 1.807) is 7.11 Å². The van der Waals surface area contributed by atoms with E-state index < -0.39 is 0 Å². The van der Waals surface area contributed by atoms with Crippen molar-refractivity contribution in [2.45, 2.75) is 43.9 Å². The maximum absolute atomic E-state index is 5.63. The summed E-state index contributed by atoms with van der Waals surface area (Å²) in [6.45, 7) is 1.96. The predicted octanol–water partition coefficient (Wildman–Crippen LogP) is 3.70. The summed E-state index contributed by atoms with van der Waals surface area (Å²) in [6.07, 6.45) is 7.70. The Morgan fingerprint density at radius 2 is 1.92 bits per heavy atom. The summed E-state index contributed by atoms with van der Waals surface area (Å²) in [5, 5.41) is 7.03. The lowest BCUT2D eigenvalue weighted by Gasteiger charge is -2.32. The Hall–Kier alpha value is -0.980. The van der Waals surface area contributed by atoms with Gasteiger partial charge in [0.25, 0.3) is 0 Å². The maximum Gasteiger partial charge on any atom is 0.191 e. The molecule has 3 rings (SSSR count). The highest BCUT2D eigenvalue weighted by atomic mass is 127. The van der Waals surface area contributed by atoms with Gasteiger partial charge in [-0.2, -0.15) is 0 Å². The van der Waals surface area contributed by atoms with E-state index in [1.165, 1.54) is 44.1 Å². The van der Waals surface area contributed by atoms with Gasteiger partial charge >= 0.3 is 0 Å². The van der Waals surface area contributed by atoms with Gasteiger partial charge in [0.15, 0.2) is 5.96 Å². The number of ether oxygens (including phenoxy) is 1. The third-order valence-electron chi connectivity index (χ3n) is 5.31. The van der Waals surface area contributed by atoms with E-state index in [2.05, 4.69) is 39.9 Å². The van der Waals surface area contributed by atoms with Crippen molar-refractivity contribution in [3.8, 4) is 5.75 Å². The van der Waals surface area contributed by atoms with Crippen molar-refractivity contribution in [2.75, 3.05) is 27.2 Å². The zero-order chi connectivity index (χ0) is 16.1. The second-order valence-electron chi connectivity index (χ2n) is 6.94. The molecule has 2 N–H and O–H groups in total. The topological polar surface area (TPSA) is 45.7 Å². The van der Waals surface area contributed by atoms with Crippen molar-refractivity contribution >= 4 is 29.9 Å². The fourth-order valence-corrected chi connectivity index (χ4v) is 3.71. The van der Waals surface area contributed by atoms with Crippen molar-refractivity contribution in [3.05, 3.63) is 29.8 Å². The van der Waals surface area contributed by atoms with Gasteiger partial charge in [-0.25, -0.2) is 0 Å². The molecule has 0 atom stereocenters. The van der Waals surface area contributed by atoms with E-state index in [4.69, 9.17) is 4.74 Å². The van der Waals surface area contributed by atoms with Gasteiger partial charge in [0.05, 0.1) is 7.11 Å². The highest BCUT2D eigenvalue weighted by molar-refractivity contribution is 14.0. The molecule has 0 radical (unpaired) electrons. The SMILES string of the molecule is CN=C(NCC1CC1)NCC1(c2ccccc2OC)CCCC1.I. The van der Waals surface area contributed by atoms with Gasteiger partial charge in [0.1, 0.15) is 5.75 Å². The fourth-order valence-electron chi connectivity index (χ4n) is 3.71. The Morgan fingerprint density at radius 1 is 1.21 bits per heavy atom. The molecule has 2 aliphatic carbocycles. The fraction of sp³-hybridized carbons (Fsp3) is 0.632. The average Bonchev–Trinajstić information content (AvgIpc) is 3.31. The molecule has 24 heavy (non-hydrogen) atoms. The number of nitrogens with one attached hydrogen (secondary N) is 2. The largest absolute Gasteiger partial charge is 0.496 e. The molecule has 0 saturated heterocycles. The van der Waals surface area contributed by atoms with E-state index >= 15 is 0 Å². The Kier molecular flexibility index (Phi) is 7.19. The van der Waals surface area contributed by atoms with Gasteiger partial charge in [-0.15, -0.1) is 24.0 Å². The molecule has 0 unspecified atom stereocenters. The molecule has 1 aromatic carbocycles. The zero-order valence-corrected chi connectivity index (χ0v) is 17.1. The number of para-hydroxylation sites is 1. The Balaban J connectivity index is 0.00000208. The second kappa shape index (κ2) is 8.92. The lowest BCUT2D eigenvalue weighted by molar-refractivity contribution is 0.371. The van der Waals surface area contributed by atoms with Crippen LogP contribution in [0.5, 0.6) is 5.75 Å². The zero-order valence-electron chi connectivity index (χ0n) is 14.8. The molecule has 1 aromatic rings. The number of hydrogen-bond acceptors (Lipinski definition) is 2. The molecule has 0 spiro atoms. The molecule has 2 aliphatic rings. The number of aliphatic imine (C=N–C) groups is 1. The lowest BCUT2D eigenvalue weighted by Crippen LogP contribution is -2.45. The highest BCUT2D eigenvalue weighted by Gasteiger charge is 2.37. The number of halogens is 1. The molecule has 5 heteroatoms. The second-order valence-corrected chi connectivity index (χ2v) is 6.94. The Bertz CT molecular complexity index is 551. The minimum atomic E-state index is 0. The van der Waals surface area contributed by atoms with Gasteiger partial charge in [-0.1, -0.05) is 31.0 Å². The number of hydrogen-bond donors (Lipinski definition) is 2. The molecule has 0 amide bonds. The average molecular weight is 443 g/mol. The first-order chi connectivity index (χ1) is 11.3. The normalized spacial score (nSPS) is 19.5. The third kappa shape index (κ3) is 4.55. The van der Waals surface area contributed by atoms with Crippen LogP contribution in [0.1, 0.15) is 44.1 Å². The summed E-state index contributed by atoms with van der Waals surface area (Å²) in [7, 11) is 3.62. The van der Waals surface area contributed by atoms with Crippen LogP contribution in [0.15, 0.2) is 29.3 Å². The molecule has 0 aromatic heterocycles. The van der Waals surface area contributed by atoms with E-state index in [-0.39, 0.29) is 29.4 Å². The van der Waals surface area contributed by atoms with Crippen LogP contribution in [0, 0.1) is 5.92 Å². The lowest BCUT2D eigenvalue weighted by atomic mass is 9.78. The van der Waals surface area contributed by atoms with Gasteiger partial charge in [-0.05, 0) is 37.7 Å². The molecule has 0 aliphatic heterocycles. The Labute approximate surface area is 162 Å². The van der Waals surface area contributed by atoms with Gasteiger partial charge in [-0.3, -0.25) is 4.99 Å². The van der Waals surface area contributed by atoms with Gasteiger partial charge in [0, 0.05) is 31.1 Å². The van der Waals surface area contributed by atoms with Crippen molar-refractivity contribution in [3.63, 3.8) is 0 Å². The summed E-state index contributed by atoms with van der Waals surface area (Å²) in [5.41, 5.74) is 1.49. The van der Waals surface area contributed by atoms with Crippen LogP contribution in [0.4, 0.5) is 0 Å². The van der Waals surface area contributed by atoms with Gasteiger partial charge < -0.3 is 15.4 Å². The molecule has 134 valence electrons. The third-order valence-corrected chi connectivity index (χ3v) is 5.31. The van der Waals surface area contributed by atoms with Crippen molar-refractivity contribution in [1.29, 1.82) is 0 Å². The van der Waals surface area contributed by atoms with Crippen LogP contribution in [0.3, 0.4) is 0 Å². The summed E-state index contributed by atoms with van der Waals surface area (Å²) in [5.74, 6) is 2.79. The molecular weight excluding hydrogens is 413 g/mol. The monoisotopic (exact) mass is 443 g/mol. The molecule has 2 saturated carbocycles. The van der Waals surface area contributed by atoms with E-state index in [0.29, 0.717) is 0 Å². The standard InChI is InChI=1S/C19H29N3O.HI/c1-20-18(21-13-15-9-10-15)22-14-19(11-5-6-12-19)16-7-3-4-8-17(16)23-2;/h3-4,7-8,15H,5-6,9-14H2,1-2H3,(H2,20,21,22);1H. The number of rotatable bonds is 6. The van der Waals surface area contributed by atoms with Crippen LogP contribution in [-0.2, 0) is 5.41 Å². The van der Waals surface area contributed by atoms with Crippen molar-refractivity contribution in [2.24, 2.45) is 10.9 Å². The molecule has 0 heterocycles.